The molecule has 1 aliphatic rings. The van der Waals surface area contributed by atoms with Crippen LogP contribution in [0.25, 0.3) is 0 Å². The highest BCUT2D eigenvalue weighted by Gasteiger charge is 2.22. The second-order valence-electron chi connectivity index (χ2n) is 6.23. The highest BCUT2D eigenvalue weighted by Crippen LogP contribution is 2.19. The van der Waals surface area contributed by atoms with Gasteiger partial charge in [-0.1, -0.05) is 30.7 Å². The van der Waals surface area contributed by atoms with Gasteiger partial charge in [0.05, 0.1) is 5.69 Å². The molecule has 1 fully saturated rings. The molecule has 0 N–H and O–H groups in total. The Bertz CT molecular complexity index is 712. The van der Waals surface area contributed by atoms with Crippen molar-refractivity contribution < 1.29 is 9.53 Å². The maximum Gasteiger partial charge on any atom is 0.272 e. The molecule has 4 nitrogen and oxygen atoms in total. The third kappa shape index (κ3) is 4.26. The van der Waals surface area contributed by atoms with Crippen LogP contribution in [-0.2, 0) is 6.61 Å². The van der Waals surface area contributed by atoms with Crippen LogP contribution in [0.1, 0.15) is 35.9 Å². The molecule has 0 atom stereocenters. The van der Waals surface area contributed by atoms with E-state index in [1.54, 1.807) is 18.2 Å². The number of rotatable bonds is 4. The Morgan fingerprint density at radius 1 is 1.25 bits per heavy atom. The van der Waals surface area contributed by atoms with E-state index in [1.807, 2.05) is 29.2 Å². The first-order valence-corrected chi connectivity index (χ1v) is 8.63. The molecule has 0 aliphatic carbocycles. The number of carbonyl (C=O) groups is 1. The fraction of sp³-hybridized carbons (Fsp3) is 0.368. The number of nitrogens with zero attached hydrogens (tertiary/aromatic N) is 2. The van der Waals surface area contributed by atoms with Gasteiger partial charge in [-0.3, -0.25) is 4.79 Å². The molecule has 0 unspecified atom stereocenters. The lowest BCUT2D eigenvalue weighted by Crippen LogP contribution is -2.38. The van der Waals surface area contributed by atoms with Crippen molar-refractivity contribution >= 4 is 17.5 Å². The van der Waals surface area contributed by atoms with Gasteiger partial charge in [-0.05, 0) is 49.1 Å². The Labute approximate surface area is 147 Å². The first-order valence-electron chi connectivity index (χ1n) is 8.25. The van der Waals surface area contributed by atoms with Gasteiger partial charge >= 0.3 is 0 Å². The molecule has 24 heavy (non-hydrogen) atoms. The van der Waals surface area contributed by atoms with E-state index in [1.165, 1.54) is 0 Å². The number of hydrogen-bond donors (Lipinski definition) is 0. The molecule has 1 amide bonds. The van der Waals surface area contributed by atoms with Gasteiger partial charge < -0.3 is 9.64 Å². The van der Waals surface area contributed by atoms with Crippen LogP contribution in [0.5, 0.6) is 5.75 Å². The Kier molecular flexibility index (Phi) is 5.36. The molecule has 0 radical (unpaired) electrons. The molecule has 2 heterocycles. The summed E-state index contributed by atoms with van der Waals surface area (Å²) in [7, 11) is 0. The van der Waals surface area contributed by atoms with Crippen LogP contribution >= 0.6 is 11.6 Å². The summed E-state index contributed by atoms with van der Waals surface area (Å²) in [5.74, 6) is 1.39. The van der Waals surface area contributed by atoms with Crippen molar-refractivity contribution in [2.45, 2.75) is 26.4 Å². The van der Waals surface area contributed by atoms with Crippen molar-refractivity contribution in [2.24, 2.45) is 5.92 Å². The number of ether oxygens (including phenoxy) is 1. The molecule has 0 bridgehead atoms. The summed E-state index contributed by atoms with van der Waals surface area (Å²) in [5.41, 5.74) is 1.21. The third-order valence-corrected chi connectivity index (χ3v) is 4.51. The molecule has 3 rings (SSSR count). The van der Waals surface area contributed by atoms with E-state index in [4.69, 9.17) is 16.3 Å². The van der Waals surface area contributed by atoms with Gasteiger partial charge in [-0.25, -0.2) is 4.98 Å². The maximum absolute atomic E-state index is 12.6. The summed E-state index contributed by atoms with van der Waals surface area (Å²) >= 11 is 5.94. The topological polar surface area (TPSA) is 42.4 Å². The van der Waals surface area contributed by atoms with Crippen molar-refractivity contribution in [2.75, 3.05) is 13.1 Å². The zero-order chi connectivity index (χ0) is 16.9. The fourth-order valence-electron chi connectivity index (χ4n) is 2.77. The van der Waals surface area contributed by atoms with Crippen LogP contribution in [0.3, 0.4) is 0 Å². The molecule has 1 aromatic carbocycles. The molecule has 126 valence electrons. The van der Waals surface area contributed by atoms with Crippen molar-refractivity contribution in [1.82, 2.24) is 9.88 Å². The molecule has 2 aromatic rings. The maximum atomic E-state index is 12.6. The summed E-state index contributed by atoms with van der Waals surface area (Å²) in [6, 6.07) is 12.7. The lowest BCUT2D eigenvalue weighted by Gasteiger charge is -2.30. The minimum absolute atomic E-state index is 0.00602. The Morgan fingerprint density at radius 2 is 2.00 bits per heavy atom. The SMILES string of the molecule is CC1CCN(C(=O)c2cccc(COc3cccc(Cl)c3)n2)CC1. The standard InChI is InChI=1S/C19H21ClN2O2/c1-14-8-10-22(11-9-14)19(23)18-7-3-5-16(21-18)13-24-17-6-2-4-15(20)12-17/h2-7,12,14H,8-11,13H2,1H3. The second kappa shape index (κ2) is 7.67. The second-order valence-corrected chi connectivity index (χ2v) is 6.67. The molecule has 1 aliphatic heterocycles. The van der Waals surface area contributed by atoms with Gasteiger partial charge in [0.2, 0.25) is 0 Å². The van der Waals surface area contributed by atoms with E-state index in [2.05, 4.69) is 11.9 Å². The summed E-state index contributed by atoms with van der Waals surface area (Å²) < 4.78 is 5.70. The Balaban J connectivity index is 1.64. The molecule has 0 saturated carbocycles. The lowest BCUT2D eigenvalue weighted by molar-refractivity contribution is 0.0690. The van der Waals surface area contributed by atoms with Gasteiger partial charge in [-0.2, -0.15) is 0 Å². The number of pyridine rings is 1. The van der Waals surface area contributed by atoms with E-state index in [-0.39, 0.29) is 5.91 Å². The largest absolute Gasteiger partial charge is 0.487 e. The smallest absolute Gasteiger partial charge is 0.272 e. The number of halogens is 1. The summed E-state index contributed by atoms with van der Waals surface area (Å²) in [4.78, 5) is 18.9. The van der Waals surface area contributed by atoms with E-state index >= 15 is 0 Å². The molecule has 0 spiro atoms. The first kappa shape index (κ1) is 16.8. The van der Waals surface area contributed by atoms with E-state index in [9.17, 15) is 4.79 Å². The van der Waals surface area contributed by atoms with Crippen LogP contribution in [-0.4, -0.2) is 28.9 Å². The number of likely N-dealkylation sites (tertiary alicyclic amines) is 1. The predicted octanol–water partition coefficient (Wildman–Crippen LogP) is 4.19. The highest BCUT2D eigenvalue weighted by atomic mass is 35.5. The molecular formula is C19H21ClN2O2. The van der Waals surface area contributed by atoms with Gasteiger partial charge in [-0.15, -0.1) is 0 Å². The monoisotopic (exact) mass is 344 g/mol. The average Bonchev–Trinajstić information content (AvgIpc) is 2.60. The molecule has 5 heteroatoms. The van der Waals surface area contributed by atoms with Crippen LogP contribution in [0.15, 0.2) is 42.5 Å². The van der Waals surface area contributed by atoms with Gasteiger partial charge in [0, 0.05) is 18.1 Å². The average molecular weight is 345 g/mol. The van der Waals surface area contributed by atoms with Crippen LogP contribution in [0.2, 0.25) is 5.02 Å². The van der Waals surface area contributed by atoms with Crippen molar-refractivity contribution in [3.63, 3.8) is 0 Å². The predicted molar refractivity (Wildman–Crippen MR) is 94.3 cm³/mol. The molecular weight excluding hydrogens is 324 g/mol. The summed E-state index contributed by atoms with van der Waals surface area (Å²) in [6.07, 6.45) is 2.12. The van der Waals surface area contributed by atoms with E-state index < -0.39 is 0 Å². The van der Waals surface area contributed by atoms with Crippen molar-refractivity contribution in [3.8, 4) is 5.75 Å². The van der Waals surface area contributed by atoms with Gasteiger partial charge in [0.25, 0.3) is 5.91 Å². The van der Waals surface area contributed by atoms with Crippen LogP contribution in [0.4, 0.5) is 0 Å². The first-order chi connectivity index (χ1) is 11.6. The normalized spacial score (nSPS) is 15.3. The number of aromatic nitrogens is 1. The zero-order valence-corrected chi connectivity index (χ0v) is 14.5. The molecule has 1 saturated heterocycles. The van der Waals surface area contributed by atoms with Crippen LogP contribution in [0, 0.1) is 5.92 Å². The minimum Gasteiger partial charge on any atom is -0.487 e. The summed E-state index contributed by atoms with van der Waals surface area (Å²) in [6.45, 7) is 4.15. The van der Waals surface area contributed by atoms with Crippen molar-refractivity contribution in [1.29, 1.82) is 0 Å². The number of amides is 1. The fourth-order valence-corrected chi connectivity index (χ4v) is 2.95. The summed E-state index contributed by atoms with van der Waals surface area (Å²) in [5, 5.41) is 0.628. The third-order valence-electron chi connectivity index (χ3n) is 4.28. The number of hydrogen-bond acceptors (Lipinski definition) is 3. The van der Waals surface area contributed by atoms with Gasteiger partial charge in [0.1, 0.15) is 18.1 Å². The van der Waals surface area contributed by atoms with Gasteiger partial charge in [0.15, 0.2) is 0 Å². The lowest BCUT2D eigenvalue weighted by atomic mass is 9.99. The van der Waals surface area contributed by atoms with E-state index in [0.717, 1.165) is 31.6 Å². The number of benzene rings is 1. The van der Waals surface area contributed by atoms with E-state index in [0.29, 0.717) is 29.0 Å². The number of piperidine rings is 1. The van der Waals surface area contributed by atoms with Crippen molar-refractivity contribution in [3.05, 3.63) is 58.9 Å². The highest BCUT2D eigenvalue weighted by molar-refractivity contribution is 6.30. The Hall–Kier alpha value is -2.07. The Morgan fingerprint density at radius 3 is 2.75 bits per heavy atom. The quantitative estimate of drug-likeness (QED) is 0.835. The zero-order valence-electron chi connectivity index (χ0n) is 13.7. The number of carbonyl (C=O) groups excluding carboxylic acids is 1. The molecule has 1 aromatic heterocycles. The van der Waals surface area contributed by atoms with Crippen LogP contribution < -0.4 is 4.74 Å². The minimum atomic E-state index is 0.00602.